The minimum absolute atomic E-state index is 0.0291. The first-order chi connectivity index (χ1) is 12.7. The maximum atomic E-state index is 13.0. The van der Waals surface area contributed by atoms with Gasteiger partial charge in [0.2, 0.25) is 5.91 Å². The number of hydrogen-bond acceptors (Lipinski definition) is 4. The van der Waals surface area contributed by atoms with Crippen LogP contribution in [0.2, 0.25) is 5.02 Å². The molecule has 0 unspecified atom stereocenters. The third kappa shape index (κ3) is 6.48. The Hall–Kier alpha value is -2.75. The largest absolute Gasteiger partial charge is 0.435 e. The molecule has 0 atom stereocenters. The molecule has 11 heteroatoms. The maximum Gasteiger partial charge on any atom is 0.387 e. The van der Waals surface area contributed by atoms with Crippen molar-refractivity contribution in [1.82, 2.24) is 0 Å². The summed E-state index contributed by atoms with van der Waals surface area (Å²) in [6.07, 6.45) is 0. The average molecular weight is 411 g/mol. The van der Waals surface area contributed by atoms with E-state index in [4.69, 9.17) is 11.6 Å². The minimum Gasteiger partial charge on any atom is -0.435 e. The van der Waals surface area contributed by atoms with Gasteiger partial charge in [-0.25, -0.2) is 4.39 Å². The molecule has 0 heterocycles. The molecule has 146 valence electrons. The Balaban J connectivity index is 2.05. The number of carbonyl (C=O) groups excluding carboxylic acids is 1. The van der Waals surface area contributed by atoms with Crippen molar-refractivity contribution in [3.8, 4) is 11.5 Å². The van der Waals surface area contributed by atoms with Crippen LogP contribution in [-0.2, 0) is 4.79 Å². The highest BCUT2D eigenvalue weighted by molar-refractivity contribution is 6.33. The number of amides is 1. The summed E-state index contributed by atoms with van der Waals surface area (Å²) in [6, 6.07) is 6.38. The SMILES string of the molecule is O=C(CNc1ccc(OC(F)F)cc1OC(F)F)Nc1ccc(F)cc1Cl. The van der Waals surface area contributed by atoms with Gasteiger partial charge in [0.25, 0.3) is 0 Å². The number of alkyl halides is 4. The van der Waals surface area contributed by atoms with Gasteiger partial charge in [-0.2, -0.15) is 17.6 Å². The second-order valence-electron chi connectivity index (χ2n) is 4.94. The van der Waals surface area contributed by atoms with Gasteiger partial charge in [-0.15, -0.1) is 0 Å². The maximum absolute atomic E-state index is 13.0. The van der Waals surface area contributed by atoms with Gasteiger partial charge in [-0.3, -0.25) is 4.79 Å². The van der Waals surface area contributed by atoms with E-state index in [0.717, 1.165) is 30.3 Å². The fourth-order valence-electron chi connectivity index (χ4n) is 1.98. The van der Waals surface area contributed by atoms with E-state index in [1.807, 2.05) is 0 Å². The van der Waals surface area contributed by atoms with Crippen molar-refractivity contribution in [2.45, 2.75) is 13.2 Å². The lowest BCUT2D eigenvalue weighted by atomic mass is 10.2. The first kappa shape index (κ1) is 20.6. The predicted octanol–water partition coefficient (Wildman–Crippen LogP) is 4.73. The molecule has 5 nitrogen and oxygen atoms in total. The Labute approximate surface area is 155 Å². The number of ether oxygens (including phenoxy) is 2. The number of anilines is 2. The number of hydrogen-bond donors (Lipinski definition) is 2. The Morgan fingerprint density at radius 1 is 1.00 bits per heavy atom. The first-order valence-electron chi connectivity index (χ1n) is 7.27. The van der Waals surface area contributed by atoms with E-state index < -0.39 is 43.0 Å². The molecular formula is C16H12ClF5N2O3. The summed E-state index contributed by atoms with van der Waals surface area (Å²) in [5.74, 6) is -2.10. The summed E-state index contributed by atoms with van der Waals surface area (Å²) < 4.78 is 70.7. The molecule has 0 bridgehead atoms. The molecule has 0 spiro atoms. The highest BCUT2D eigenvalue weighted by atomic mass is 35.5. The molecule has 0 aromatic heterocycles. The lowest BCUT2D eigenvalue weighted by molar-refractivity contribution is -0.114. The second kappa shape index (κ2) is 9.26. The van der Waals surface area contributed by atoms with Crippen LogP contribution in [-0.4, -0.2) is 25.7 Å². The predicted molar refractivity (Wildman–Crippen MR) is 88.2 cm³/mol. The topological polar surface area (TPSA) is 59.6 Å². The number of rotatable bonds is 8. The first-order valence-corrected chi connectivity index (χ1v) is 7.65. The highest BCUT2D eigenvalue weighted by Crippen LogP contribution is 2.31. The second-order valence-corrected chi connectivity index (χ2v) is 5.35. The van der Waals surface area contributed by atoms with Crippen molar-refractivity contribution < 1.29 is 36.2 Å². The Kier molecular flexibility index (Phi) is 7.05. The monoisotopic (exact) mass is 410 g/mol. The molecule has 0 aliphatic carbocycles. The third-order valence-electron chi connectivity index (χ3n) is 3.04. The fourth-order valence-corrected chi connectivity index (χ4v) is 2.19. The van der Waals surface area contributed by atoms with E-state index in [1.54, 1.807) is 0 Å². The lowest BCUT2D eigenvalue weighted by Crippen LogP contribution is -2.22. The summed E-state index contributed by atoms with van der Waals surface area (Å²) in [5.41, 5.74) is 0.0897. The van der Waals surface area contributed by atoms with Crippen LogP contribution >= 0.6 is 11.6 Å². The van der Waals surface area contributed by atoms with E-state index >= 15 is 0 Å². The standard InChI is InChI=1S/C16H12ClF5N2O3/c17-10-5-8(18)1-3-11(10)24-14(25)7-23-12-4-2-9(26-15(19)20)6-13(12)27-16(21)22/h1-6,15-16,23H,7H2,(H,24,25). The molecule has 2 aromatic rings. The van der Waals surface area contributed by atoms with Crippen LogP contribution in [0.25, 0.3) is 0 Å². The van der Waals surface area contributed by atoms with E-state index in [1.165, 1.54) is 6.07 Å². The smallest absolute Gasteiger partial charge is 0.387 e. The van der Waals surface area contributed by atoms with Crippen LogP contribution in [0.4, 0.5) is 33.3 Å². The van der Waals surface area contributed by atoms with E-state index in [-0.39, 0.29) is 16.4 Å². The van der Waals surface area contributed by atoms with Crippen LogP contribution < -0.4 is 20.1 Å². The van der Waals surface area contributed by atoms with Crippen molar-refractivity contribution in [1.29, 1.82) is 0 Å². The number of halogens is 6. The molecule has 0 radical (unpaired) electrons. The summed E-state index contributed by atoms with van der Waals surface area (Å²) in [7, 11) is 0. The summed E-state index contributed by atoms with van der Waals surface area (Å²) in [6.45, 7) is -6.77. The van der Waals surface area contributed by atoms with Crippen LogP contribution in [0.15, 0.2) is 36.4 Å². The van der Waals surface area contributed by atoms with Crippen molar-refractivity contribution in [3.05, 3.63) is 47.2 Å². The zero-order valence-corrected chi connectivity index (χ0v) is 14.1. The van der Waals surface area contributed by atoms with Crippen LogP contribution in [0.1, 0.15) is 0 Å². The van der Waals surface area contributed by atoms with Gasteiger partial charge in [-0.05, 0) is 30.3 Å². The average Bonchev–Trinajstić information content (AvgIpc) is 2.55. The zero-order valence-electron chi connectivity index (χ0n) is 13.3. The molecule has 1 amide bonds. The Bertz CT molecular complexity index is 808. The van der Waals surface area contributed by atoms with Crippen molar-refractivity contribution in [2.75, 3.05) is 17.2 Å². The van der Waals surface area contributed by atoms with E-state index in [2.05, 4.69) is 20.1 Å². The quantitative estimate of drug-likeness (QED) is 0.618. The van der Waals surface area contributed by atoms with Crippen LogP contribution in [0, 0.1) is 5.82 Å². The molecule has 2 N–H and O–H groups in total. The molecular weight excluding hydrogens is 399 g/mol. The molecule has 0 saturated carbocycles. The molecule has 2 rings (SSSR count). The van der Waals surface area contributed by atoms with E-state index in [0.29, 0.717) is 0 Å². The van der Waals surface area contributed by atoms with E-state index in [9.17, 15) is 26.7 Å². The van der Waals surface area contributed by atoms with Crippen molar-refractivity contribution >= 4 is 28.9 Å². The number of benzene rings is 2. The minimum atomic E-state index is -3.22. The molecule has 0 aliphatic heterocycles. The van der Waals surface area contributed by atoms with Gasteiger partial charge < -0.3 is 20.1 Å². The van der Waals surface area contributed by atoms with Gasteiger partial charge in [0.15, 0.2) is 5.75 Å². The Morgan fingerprint density at radius 2 is 1.67 bits per heavy atom. The summed E-state index contributed by atoms with van der Waals surface area (Å²) in [4.78, 5) is 11.9. The third-order valence-corrected chi connectivity index (χ3v) is 3.35. The van der Waals surface area contributed by atoms with Gasteiger partial charge in [0.05, 0.1) is 22.9 Å². The van der Waals surface area contributed by atoms with Crippen LogP contribution in [0.3, 0.4) is 0 Å². The molecule has 0 fully saturated rings. The van der Waals surface area contributed by atoms with Gasteiger partial charge in [0.1, 0.15) is 11.6 Å². The highest BCUT2D eigenvalue weighted by Gasteiger charge is 2.14. The van der Waals surface area contributed by atoms with Crippen molar-refractivity contribution in [3.63, 3.8) is 0 Å². The molecule has 27 heavy (non-hydrogen) atoms. The van der Waals surface area contributed by atoms with Crippen molar-refractivity contribution in [2.24, 2.45) is 0 Å². The molecule has 0 aliphatic rings. The van der Waals surface area contributed by atoms with Gasteiger partial charge in [-0.1, -0.05) is 11.6 Å². The zero-order chi connectivity index (χ0) is 20.0. The normalized spacial score (nSPS) is 10.8. The van der Waals surface area contributed by atoms with Crippen LogP contribution in [0.5, 0.6) is 11.5 Å². The number of carbonyl (C=O) groups is 1. The molecule has 0 saturated heterocycles. The van der Waals surface area contributed by atoms with Gasteiger partial charge >= 0.3 is 13.2 Å². The number of nitrogens with one attached hydrogen (secondary N) is 2. The summed E-state index contributed by atoms with van der Waals surface area (Å²) in [5, 5.41) is 4.88. The molecule has 2 aromatic carbocycles. The summed E-state index contributed by atoms with van der Waals surface area (Å²) >= 11 is 5.78. The fraction of sp³-hybridized carbons (Fsp3) is 0.188. The Morgan fingerprint density at radius 3 is 2.30 bits per heavy atom. The van der Waals surface area contributed by atoms with Gasteiger partial charge in [0, 0.05) is 6.07 Å². The lowest BCUT2D eigenvalue weighted by Gasteiger charge is -2.14.